The lowest BCUT2D eigenvalue weighted by Gasteiger charge is -2.37. The molecule has 0 spiro atoms. The molecule has 18 heavy (non-hydrogen) atoms. The van der Waals surface area contributed by atoms with Crippen molar-refractivity contribution >= 4 is 28.9 Å². The van der Waals surface area contributed by atoms with E-state index in [0.29, 0.717) is 18.7 Å². The van der Waals surface area contributed by atoms with Gasteiger partial charge in [-0.05, 0) is 26.8 Å². The fourth-order valence-electron chi connectivity index (χ4n) is 2.10. The summed E-state index contributed by atoms with van der Waals surface area (Å²) < 4.78 is 13.5. The number of nitrogens with zero attached hydrogens (tertiary/aromatic N) is 1. The maximum Gasteiger partial charge on any atom is 0.226 e. The third-order valence-corrected chi connectivity index (χ3v) is 3.27. The van der Waals surface area contributed by atoms with Crippen molar-refractivity contribution in [1.29, 1.82) is 0 Å². The van der Waals surface area contributed by atoms with Crippen LogP contribution in [0, 0.1) is 5.82 Å². The zero-order valence-electron chi connectivity index (χ0n) is 10.7. The van der Waals surface area contributed by atoms with Gasteiger partial charge in [0.05, 0.1) is 16.4 Å². The van der Waals surface area contributed by atoms with E-state index in [1.807, 2.05) is 20.8 Å². The van der Waals surface area contributed by atoms with Crippen molar-refractivity contribution in [2.24, 2.45) is 0 Å². The maximum atomic E-state index is 13.5. The molecular weight excluding hydrogens is 255 g/mol. The number of hydrogen-bond donors (Lipinski definition) is 1. The van der Waals surface area contributed by atoms with Crippen molar-refractivity contribution in [3.8, 4) is 0 Å². The van der Waals surface area contributed by atoms with E-state index in [4.69, 9.17) is 11.6 Å². The zero-order chi connectivity index (χ0) is 13.5. The summed E-state index contributed by atoms with van der Waals surface area (Å²) in [6.07, 6.45) is 0.380. The molecule has 1 aliphatic heterocycles. The predicted octanol–water partition coefficient (Wildman–Crippen LogP) is 3.43. The first-order chi connectivity index (χ1) is 8.29. The Balaban J connectivity index is 2.57. The highest BCUT2D eigenvalue weighted by Crippen LogP contribution is 2.36. The first kappa shape index (κ1) is 13.1. The normalized spacial score (nSPS) is 16.1. The highest BCUT2D eigenvalue weighted by Gasteiger charge is 2.28. The Hall–Kier alpha value is -1.29. The minimum atomic E-state index is -0.522. The van der Waals surface area contributed by atoms with E-state index in [1.54, 1.807) is 6.07 Å². The van der Waals surface area contributed by atoms with Gasteiger partial charge in [0.2, 0.25) is 5.91 Å². The van der Waals surface area contributed by atoms with Crippen LogP contribution in [-0.2, 0) is 4.79 Å². The standard InChI is InChI=1S/C13H16ClFN2O/c1-13(2,3)17-5-4-12(18)16-10-7-9(15)8(14)6-11(10)17/h6-7H,4-5H2,1-3H3,(H,16,18). The molecule has 1 aromatic carbocycles. The van der Waals surface area contributed by atoms with Crippen LogP contribution < -0.4 is 10.2 Å². The van der Waals surface area contributed by atoms with Gasteiger partial charge in [-0.25, -0.2) is 4.39 Å². The molecule has 0 radical (unpaired) electrons. The van der Waals surface area contributed by atoms with Crippen LogP contribution in [0.25, 0.3) is 0 Å². The molecule has 98 valence electrons. The van der Waals surface area contributed by atoms with E-state index in [1.165, 1.54) is 6.07 Å². The first-order valence-electron chi connectivity index (χ1n) is 5.85. The number of anilines is 2. The Morgan fingerprint density at radius 2 is 2.06 bits per heavy atom. The summed E-state index contributed by atoms with van der Waals surface area (Å²) in [5.41, 5.74) is 1.08. The summed E-state index contributed by atoms with van der Waals surface area (Å²) in [5, 5.41) is 2.78. The molecule has 0 atom stereocenters. The van der Waals surface area contributed by atoms with Gasteiger partial charge >= 0.3 is 0 Å². The van der Waals surface area contributed by atoms with Gasteiger partial charge in [0.15, 0.2) is 0 Å². The molecule has 1 N–H and O–H groups in total. The number of fused-ring (bicyclic) bond motifs is 1. The molecule has 2 rings (SSSR count). The average Bonchev–Trinajstić information content (AvgIpc) is 2.37. The summed E-state index contributed by atoms with van der Waals surface area (Å²) >= 11 is 5.84. The largest absolute Gasteiger partial charge is 0.364 e. The van der Waals surface area contributed by atoms with Crippen molar-refractivity contribution in [3.05, 3.63) is 23.0 Å². The lowest BCUT2D eigenvalue weighted by molar-refractivity contribution is -0.116. The monoisotopic (exact) mass is 270 g/mol. The fraction of sp³-hybridized carbons (Fsp3) is 0.462. The van der Waals surface area contributed by atoms with Gasteiger partial charge in [0, 0.05) is 24.6 Å². The molecule has 3 nitrogen and oxygen atoms in total. The Bertz CT molecular complexity index is 496. The third-order valence-electron chi connectivity index (χ3n) is 2.98. The highest BCUT2D eigenvalue weighted by molar-refractivity contribution is 6.31. The van der Waals surface area contributed by atoms with E-state index < -0.39 is 5.82 Å². The third kappa shape index (κ3) is 2.43. The van der Waals surface area contributed by atoms with Crippen molar-refractivity contribution in [3.63, 3.8) is 0 Å². The molecule has 0 saturated carbocycles. The lowest BCUT2D eigenvalue weighted by atomic mass is 10.0. The zero-order valence-corrected chi connectivity index (χ0v) is 11.4. The molecule has 1 amide bonds. The highest BCUT2D eigenvalue weighted by atomic mass is 35.5. The summed E-state index contributed by atoms with van der Waals surface area (Å²) in [6, 6.07) is 2.85. The van der Waals surface area contributed by atoms with E-state index in [-0.39, 0.29) is 16.5 Å². The molecule has 0 unspecified atom stereocenters. The maximum absolute atomic E-state index is 13.5. The lowest BCUT2D eigenvalue weighted by Crippen LogP contribution is -2.42. The van der Waals surface area contributed by atoms with Crippen molar-refractivity contribution < 1.29 is 9.18 Å². The quantitative estimate of drug-likeness (QED) is 0.783. The van der Waals surface area contributed by atoms with Crippen molar-refractivity contribution in [2.75, 3.05) is 16.8 Å². The number of nitrogens with one attached hydrogen (secondary N) is 1. The number of hydrogen-bond acceptors (Lipinski definition) is 2. The average molecular weight is 271 g/mol. The van der Waals surface area contributed by atoms with Crippen LogP contribution in [0.3, 0.4) is 0 Å². The van der Waals surface area contributed by atoms with E-state index in [0.717, 1.165) is 5.69 Å². The second-order valence-electron chi connectivity index (χ2n) is 5.40. The molecule has 0 fully saturated rings. The van der Waals surface area contributed by atoms with Crippen LogP contribution in [0.15, 0.2) is 12.1 Å². The smallest absolute Gasteiger partial charge is 0.226 e. The van der Waals surface area contributed by atoms with Gasteiger partial charge in [0.25, 0.3) is 0 Å². The van der Waals surface area contributed by atoms with Gasteiger partial charge in [-0.2, -0.15) is 0 Å². The van der Waals surface area contributed by atoms with Gasteiger partial charge in [-0.15, -0.1) is 0 Å². The summed E-state index contributed by atoms with van der Waals surface area (Å²) in [5.74, 6) is -0.629. The van der Waals surface area contributed by atoms with E-state index in [9.17, 15) is 9.18 Å². The summed E-state index contributed by atoms with van der Waals surface area (Å²) in [4.78, 5) is 13.7. The van der Waals surface area contributed by atoms with Crippen molar-refractivity contribution in [1.82, 2.24) is 0 Å². The van der Waals surface area contributed by atoms with Crippen LogP contribution >= 0.6 is 11.6 Å². The van der Waals surface area contributed by atoms with E-state index >= 15 is 0 Å². The molecule has 1 heterocycles. The molecule has 1 aliphatic rings. The van der Waals surface area contributed by atoms with Gasteiger partial charge in [-0.1, -0.05) is 11.6 Å². The molecule has 0 saturated heterocycles. The number of carbonyl (C=O) groups excluding carboxylic acids is 1. The minimum Gasteiger partial charge on any atom is -0.364 e. The number of amides is 1. The number of halogens is 2. The Labute approximate surface area is 111 Å². The molecule has 5 heteroatoms. The molecular formula is C13H16ClFN2O. The van der Waals surface area contributed by atoms with Gasteiger partial charge in [0.1, 0.15) is 5.82 Å². The van der Waals surface area contributed by atoms with Crippen LogP contribution in [0.5, 0.6) is 0 Å². The van der Waals surface area contributed by atoms with Crippen LogP contribution in [-0.4, -0.2) is 18.0 Å². The second-order valence-corrected chi connectivity index (χ2v) is 5.81. The Morgan fingerprint density at radius 1 is 1.39 bits per heavy atom. The second kappa shape index (κ2) is 4.43. The number of benzene rings is 1. The summed E-state index contributed by atoms with van der Waals surface area (Å²) in [6.45, 7) is 6.72. The number of rotatable bonds is 0. The first-order valence-corrected chi connectivity index (χ1v) is 6.23. The topological polar surface area (TPSA) is 32.3 Å². The fourth-order valence-corrected chi connectivity index (χ4v) is 2.26. The number of carbonyl (C=O) groups is 1. The Morgan fingerprint density at radius 3 is 2.67 bits per heavy atom. The molecule has 0 bridgehead atoms. The predicted molar refractivity (Wildman–Crippen MR) is 71.8 cm³/mol. The van der Waals surface area contributed by atoms with Crippen LogP contribution in [0.4, 0.5) is 15.8 Å². The van der Waals surface area contributed by atoms with Gasteiger partial charge in [-0.3, -0.25) is 4.79 Å². The molecule has 0 aliphatic carbocycles. The Kier molecular flexibility index (Phi) is 3.23. The van der Waals surface area contributed by atoms with Crippen LogP contribution in [0.2, 0.25) is 5.02 Å². The van der Waals surface area contributed by atoms with Gasteiger partial charge < -0.3 is 10.2 Å². The molecule has 1 aromatic rings. The summed E-state index contributed by atoms with van der Waals surface area (Å²) in [7, 11) is 0. The van der Waals surface area contributed by atoms with E-state index in [2.05, 4.69) is 10.2 Å². The SMILES string of the molecule is CC(C)(C)N1CCC(=O)Nc2cc(F)c(Cl)cc21. The molecule has 0 aromatic heterocycles. The van der Waals surface area contributed by atoms with Crippen LogP contribution in [0.1, 0.15) is 27.2 Å². The minimum absolute atomic E-state index is 0.0687. The van der Waals surface area contributed by atoms with Crippen molar-refractivity contribution in [2.45, 2.75) is 32.7 Å².